The normalized spacial score (nSPS) is 11.7. The Balaban J connectivity index is 0.000000445. The Labute approximate surface area is 153 Å². The quantitative estimate of drug-likeness (QED) is 0.681. The van der Waals surface area contributed by atoms with Crippen LogP contribution < -0.4 is 15.2 Å². The van der Waals surface area contributed by atoms with Crippen molar-refractivity contribution in [3.63, 3.8) is 0 Å². The molecule has 9 nitrogen and oxygen atoms in total. The number of aromatic nitrogens is 4. The second kappa shape index (κ2) is 8.73. The number of aliphatic carboxylic acids is 1. The number of nitrogens with one attached hydrogen (secondary N) is 1. The first-order valence-electron chi connectivity index (χ1n) is 7.89. The van der Waals surface area contributed by atoms with Gasteiger partial charge in [0.25, 0.3) is 6.01 Å². The molecule has 0 unspecified atom stereocenters. The first kappa shape index (κ1) is 22.3. The molecule has 0 aromatic carbocycles. The number of imidazole rings is 1. The first-order valence-corrected chi connectivity index (χ1v) is 7.89. The fraction of sp³-hybridized carbons (Fsp3) is 0.600. The van der Waals surface area contributed by atoms with Crippen LogP contribution in [0.5, 0.6) is 12.0 Å². The minimum absolute atomic E-state index is 0.0745. The zero-order chi connectivity index (χ0) is 20.8. The van der Waals surface area contributed by atoms with Crippen LogP contribution >= 0.6 is 0 Å². The predicted octanol–water partition coefficient (Wildman–Crippen LogP) is 2.78. The van der Waals surface area contributed by atoms with E-state index in [2.05, 4.69) is 40.7 Å². The van der Waals surface area contributed by atoms with Crippen LogP contribution in [0.1, 0.15) is 33.6 Å². The number of nitrogen functional groups attached to an aromatic ring is 1. The molecule has 0 bridgehead atoms. The Morgan fingerprint density at radius 1 is 1.26 bits per heavy atom. The molecular weight excluding hydrogens is 371 g/mol. The van der Waals surface area contributed by atoms with E-state index in [4.69, 9.17) is 25.1 Å². The lowest BCUT2D eigenvalue weighted by atomic mass is 9.89. The number of aromatic amines is 1. The molecule has 2 aromatic rings. The minimum atomic E-state index is -5.08. The zero-order valence-corrected chi connectivity index (χ0v) is 15.3. The third kappa shape index (κ3) is 6.79. The number of ether oxygens (including phenoxy) is 2. The average Bonchev–Trinajstić information content (AvgIpc) is 2.96. The van der Waals surface area contributed by atoms with E-state index in [9.17, 15) is 13.2 Å². The molecule has 0 aliphatic carbocycles. The number of nitrogens with two attached hydrogens (primary N) is 1. The summed E-state index contributed by atoms with van der Waals surface area (Å²) in [5.74, 6) is -2.46. The predicted molar refractivity (Wildman–Crippen MR) is 90.5 cm³/mol. The summed E-state index contributed by atoms with van der Waals surface area (Å²) in [5, 5.41) is 7.12. The molecule has 2 rings (SSSR count). The van der Waals surface area contributed by atoms with Gasteiger partial charge in [0.2, 0.25) is 0 Å². The van der Waals surface area contributed by atoms with Gasteiger partial charge in [-0.2, -0.15) is 28.1 Å². The number of carboxylic acids is 1. The summed E-state index contributed by atoms with van der Waals surface area (Å²) < 4.78 is 42.4. The third-order valence-electron chi connectivity index (χ3n) is 3.29. The Morgan fingerprint density at radius 3 is 2.33 bits per heavy atom. The van der Waals surface area contributed by atoms with E-state index in [1.54, 1.807) is 0 Å². The van der Waals surface area contributed by atoms with Gasteiger partial charge in [-0.1, -0.05) is 27.2 Å². The van der Waals surface area contributed by atoms with E-state index in [1.165, 1.54) is 7.11 Å². The highest BCUT2D eigenvalue weighted by Crippen LogP contribution is 2.25. The molecule has 4 N–H and O–H groups in total. The highest BCUT2D eigenvalue weighted by Gasteiger charge is 2.38. The molecule has 2 aromatic heterocycles. The summed E-state index contributed by atoms with van der Waals surface area (Å²) in [4.78, 5) is 24.3. The summed E-state index contributed by atoms with van der Waals surface area (Å²) in [7, 11) is 1.52. The van der Waals surface area contributed by atoms with E-state index in [0.29, 0.717) is 29.6 Å². The maximum absolute atomic E-state index is 10.6. The van der Waals surface area contributed by atoms with Crippen LogP contribution in [0.15, 0.2) is 0 Å². The lowest BCUT2D eigenvalue weighted by Crippen LogP contribution is -2.22. The maximum Gasteiger partial charge on any atom is 0.490 e. The zero-order valence-electron chi connectivity index (χ0n) is 15.3. The number of fused-ring (bicyclic) bond motifs is 1. The van der Waals surface area contributed by atoms with Gasteiger partial charge in [0.1, 0.15) is 5.52 Å². The number of alkyl halides is 3. The molecule has 12 heteroatoms. The number of hydrogen-bond donors (Lipinski definition) is 3. The lowest BCUT2D eigenvalue weighted by Gasteiger charge is -2.23. The number of hydrogen-bond acceptors (Lipinski definition) is 7. The van der Waals surface area contributed by atoms with E-state index in [-0.39, 0.29) is 11.4 Å². The van der Waals surface area contributed by atoms with Crippen molar-refractivity contribution in [1.82, 2.24) is 19.9 Å². The number of anilines is 1. The van der Waals surface area contributed by atoms with Crippen LogP contribution in [0.4, 0.5) is 19.0 Å². The largest absolute Gasteiger partial charge is 0.490 e. The smallest absolute Gasteiger partial charge is 0.475 e. The number of nitrogens with zero attached hydrogens (tertiary/aromatic N) is 3. The molecule has 0 saturated heterocycles. The SMILES string of the molecule is CCCC(C)(C)COc1nc(N)c2[nH]c(OC)nc2n1.O=C(O)C(F)(F)F. The summed E-state index contributed by atoms with van der Waals surface area (Å²) in [5.41, 5.74) is 6.94. The first-order chi connectivity index (χ1) is 12.4. The van der Waals surface area contributed by atoms with Crippen molar-refractivity contribution in [3.8, 4) is 12.0 Å². The number of methoxy groups -OCH3 is 1. The summed E-state index contributed by atoms with van der Waals surface area (Å²) in [6.07, 6.45) is -2.91. The number of rotatable bonds is 6. The Kier molecular flexibility index (Phi) is 7.20. The number of carboxylic acid groups (broad SMARTS) is 1. The van der Waals surface area contributed by atoms with Crippen molar-refractivity contribution in [3.05, 3.63) is 0 Å². The highest BCUT2D eigenvalue weighted by atomic mass is 19.4. The van der Waals surface area contributed by atoms with Crippen molar-refractivity contribution in [2.45, 2.75) is 39.8 Å². The fourth-order valence-electron chi connectivity index (χ4n) is 2.05. The Morgan fingerprint density at radius 2 is 1.85 bits per heavy atom. The number of halogens is 3. The monoisotopic (exact) mass is 393 g/mol. The van der Waals surface area contributed by atoms with Crippen LogP contribution in [0.3, 0.4) is 0 Å². The third-order valence-corrected chi connectivity index (χ3v) is 3.29. The molecular formula is C15H22F3N5O4. The second-order valence-electron chi connectivity index (χ2n) is 6.34. The molecule has 0 spiro atoms. The van der Waals surface area contributed by atoms with Gasteiger partial charge in [-0.05, 0) is 11.8 Å². The molecule has 0 aliphatic rings. The number of H-pyrrole nitrogens is 1. The topological polar surface area (TPSA) is 136 Å². The molecule has 0 saturated carbocycles. The molecule has 0 radical (unpaired) electrons. The van der Waals surface area contributed by atoms with Crippen molar-refractivity contribution < 1.29 is 32.5 Å². The van der Waals surface area contributed by atoms with E-state index >= 15 is 0 Å². The summed E-state index contributed by atoms with van der Waals surface area (Å²) in [6, 6.07) is 0.595. The van der Waals surface area contributed by atoms with Gasteiger partial charge in [0, 0.05) is 0 Å². The highest BCUT2D eigenvalue weighted by molar-refractivity contribution is 5.82. The molecule has 0 atom stereocenters. The molecule has 2 heterocycles. The minimum Gasteiger partial charge on any atom is -0.475 e. The van der Waals surface area contributed by atoms with Gasteiger partial charge in [-0.3, -0.25) is 0 Å². The van der Waals surface area contributed by atoms with Crippen LogP contribution in [-0.4, -0.2) is 50.9 Å². The standard InChI is InChI=1S/C13H21N5O2.C2HF3O2/c1-5-6-13(2,3)7-20-12-16-9(14)8-10(18-12)17-11(15-8)19-4;3-2(4,5)1(6)7/h5-7H2,1-4H3,(H3,14,15,16,17,18);(H,6,7). The maximum atomic E-state index is 10.6. The van der Waals surface area contributed by atoms with Crippen LogP contribution in [0.2, 0.25) is 0 Å². The van der Waals surface area contributed by atoms with Gasteiger partial charge >= 0.3 is 18.2 Å². The van der Waals surface area contributed by atoms with E-state index in [0.717, 1.165) is 12.8 Å². The molecule has 0 fully saturated rings. The molecule has 152 valence electrons. The van der Waals surface area contributed by atoms with E-state index < -0.39 is 12.1 Å². The van der Waals surface area contributed by atoms with Gasteiger partial charge in [-0.25, -0.2) is 4.79 Å². The van der Waals surface area contributed by atoms with Crippen molar-refractivity contribution in [2.75, 3.05) is 19.5 Å². The van der Waals surface area contributed by atoms with Crippen molar-refractivity contribution in [1.29, 1.82) is 0 Å². The second-order valence-corrected chi connectivity index (χ2v) is 6.34. The summed E-state index contributed by atoms with van der Waals surface area (Å²) >= 11 is 0. The Hall–Kier alpha value is -2.79. The van der Waals surface area contributed by atoms with Crippen LogP contribution in [0.25, 0.3) is 11.2 Å². The molecule has 0 aliphatic heterocycles. The number of carbonyl (C=O) groups is 1. The van der Waals surface area contributed by atoms with Crippen LogP contribution in [-0.2, 0) is 4.79 Å². The van der Waals surface area contributed by atoms with Gasteiger partial charge in [0.05, 0.1) is 13.7 Å². The average molecular weight is 393 g/mol. The molecule has 0 amide bonds. The van der Waals surface area contributed by atoms with Crippen molar-refractivity contribution >= 4 is 23.0 Å². The van der Waals surface area contributed by atoms with Crippen molar-refractivity contribution in [2.24, 2.45) is 5.41 Å². The van der Waals surface area contributed by atoms with Gasteiger partial charge in [0.15, 0.2) is 11.5 Å². The Bertz CT molecular complexity index is 777. The summed E-state index contributed by atoms with van der Waals surface area (Å²) in [6.45, 7) is 6.98. The van der Waals surface area contributed by atoms with Gasteiger partial charge < -0.3 is 25.3 Å². The van der Waals surface area contributed by atoms with Crippen LogP contribution in [0, 0.1) is 5.41 Å². The fourth-order valence-corrected chi connectivity index (χ4v) is 2.05. The molecule has 27 heavy (non-hydrogen) atoms. The van der Waals surface area contributed by atoms with E-state index in [1.807, 2.05) is 0 Å². The lowest BCUT2D eigenvalue weighted by molar-refractivity contribution is -0.192. The van der Waals surface area contributed by atoms with Gasteiger partial charge in [-0.15, -0.1) is 0 Å².